The van der Waals surface area contributed by atoms with Gasteiger partial charge < -0.3 is 4.40 Å². The van der Waals surface area contributed by atoms with Gasteiger partial charge in [0.05, 0.1) is 10.6 Å². The highest BCUT2D eigenvalue weighted by molar-refractivity contribution is 6.32. The first-order chi connectivity index (χ1) is 9.54. The van der Waals surface area contributed by atoms with Crippen LogP contribution >= 0.6 is 11.6 Å². The molecule has 0 radical (unpaired) electrons. The Morgan fingerprint density at radius 2 is 2.10 bits per heavy atom. The van der Waals surface area contributed by atoms with Crippen LogP contribution in [0.25, 0.3) is 16.9 Å². The monoisotopic (exact) mass is 287 g/mol. The summed E-state index contributed by atoms with van der Waals surface area (Å²) in [6, 6.07) is 8.61. The van der Waals surface area contributed by atoms with Gasteiger partial charge in [0.2, 0.25) is 0 Å². The molecule has 0 atom stereocenters. The summed E-state index contributed by atoms with van der Waals surface area (Å²) in [4.78, 5) is 14.9. The van der Waals surface area contributed by atoms with E-state index in [0.717, 1.165) is 11.2 Å². The average molecular weight is 288 g/mol. The molecule has 2 aromatic heterocycles. The molecule has 3 aromatic rings. The van der Waals surface area contributed by atoms with Crippen LogP contribution in [-0.2, 0) is 0 Å². The van der Waals surface area contributed by atoms with E-state index in [2.05, 4.69) is 4.98 Å². The van der Waals surface area contributed by atoms with E-state index in [9.17, 15) is 10.1 Å². The summed E-state index contributed by atoms with van der Waals surface area (Å²) in [6.45, 7) is 1.99. The number of fused-ring (bicyclic) bond motifs is 1. The number of imidazole rings is 1. The maximum atomic E-state index is 10.9. The molecule has 0 saturated heterocycles. The van der Waals surface area contributed by atoms with Crippen molar-refractivity contribution in [3.05, 3.63) is 63.4 Å². The second-order valence-electron chi connectivity index (χ2n) is 4.52. The lowest BCUT2D eigenvalue weighted by Crippen LogP contribution is -1.89. The van der Waals surface area contributed by atoms with Crippen LogP contribution in [0.2, 0.25) is 5.02 Å². The van der Waals surface area contributed by atoms with Gasteiger partial charge in [0, 0.05) is 24.0 Å². The molecule has 5 nitrogen and oxygen atoms in total. The number of aryl methyl sites for hydroxylation is 1. The smallest absolute Gasteiger partial charge is 0.288 e. The fraction of sp³-hybridized carbons (Fsp3) is 0.0714. The van der Waals surface area contributed by atoms with Gasteiger partial charge >= 0.3 is 0 Å². The number of nitro benzene ring substituents is 1. The van der Waals surface area contributed by atoms with Gasteiger partial charge in [-0.15, -0.1) is 0 Å². The fourth-order valence-electron chi connectivity index (χ4n) is 2.03. The summed E-state index contributed by atoms with van der Waals surface area (Å²) in [7, 11) is 0. The zero-order valence-electron chi connectivity index (χ0n) is 10.6. The van der Waals surface area contributed by atoms with Crippen molar-refractivity contribution in [2.24, 2.45) is 0 Å². The highest BCUT2D eigenvalue weighted by atomic mass is 35.5. The van der Waals surface area contributed by atoms with E-state index in [1.54, 1.807) is 6.07 Å². The van der Waals surface area contributed by atoms with Gasteiger partial charge in [-0.2, -0.15) is 0 Å². The normalized spacial score (nSPS) is 10.9. The first kappa shape index (κ1) is 12.6. The molecule has 0 amide bonds. The number of nitrogens with zero attached hydrogens (tertiary/aromatic N) is 3. The van der Waals surface area contributed by atoms with Gasteiger partial charge in [0.15, 0.2) is 0 Å². The van der Waals surface area contributed by atoms with Crippen LogP contribution in [0.5, 0.6) is 0 Å². The van der Waals surface area contributed by atoms with Crippen LogP contribution in [0.15, 0.2) is 42.7 Å². The molecule has 20 heavy (non-hydrogen) atoms. The first-order valence-electron chi connectivity index (χ1n) is 5.94. The van der Waals surface area contributed by atoms with Gasteiger partial charge in [-0.05, 0) is 30.7 Å². The third-order valence-electron chi connectivity index (χ3n) is 3.05. The molecule has 0 aliphatic heterocycles. The molecule has 0 fully saturated rings. The highest BCUT2D eigenvalue weighted by Gasteiger charge is 2.14. The Morgan fingerprint density at radius 3 is 2.85 bits per heavy atom. The number of pyridine rings is 1. The summed E-state index contributed by atoms with van der Waals surface area (Å²) in [5.74, 6) is 0. The zero-order chi connectivity index (χ0) is 14.3. The lowest BCUT2D eigenvalue weighted by molar-refractivity contribution is -0.384. The maximum absolute atomic E-state index is 10.9. The predicted molar refractivity (Wildman–Crippen MR) is 77.0 cm³/mol. The van der Waals surface area contributed by atoms with Gasteiger partial charge in [-0.25, -0.2) is 4.98 Å². The van der Waals surface area contributed by atoms with E-state index < -0.39 is 4.92 Å². The van der Waals surface area contributed by atoms with E-state index in [1.165, 1.54) is 12.1 Å². The molecular formula is C14H10ClN3O2. The Labute approximate surface area is 119 Å². The van der Waals surface area contributed by atoms with Gasteiger partial charge in [-0.3, -0.25) is 10.1 Å². The lowest BCUT2D eigenvalue weighted by Gasteiger charge is -1.98. The molecule has 0 saturated carbocycles. The minimum atomic E-state index is -0.494. The zero-order valence-corrected chi connectivity index (χ0v) is 11.3. The Morgan fingerprint density at radius 1 is 1.30 bits per heavy atom. The number of aromatic nitrogens is 2. The van der Waals surface area contributed by atoms with E-state index in [4.69, 9.17) is 11.6 Å². The van der Waals surface area contributed by atoms with Crippen molar-refractivity contribution in [3.8, 4) is 11.3 Å². The summed E-state index contributed by atoms with van der Waals surface area (Å²) < 4.78 is 1.88. The van der Waals surface area contributed by atoms with Crippen LogP contribution in [0.3, 0.4) is 0 Å². The van der Waals surface area contributed by atoms with E-state index in [1.807, 2.05) is 35.9 Å². The second-order valence-corrected chi connectivity index (χ2v) is 4.93. The van der Waals surface area contributed by atoms with E-state index in [0.29, 0.717) is 11.3 Å². The molecule has 0 aliphatic carbocycles. The molecule has 0 spiro atoms. The number of benzene rings is 1. The van der Waals surface area contributed by atoms with Gasteiger partial charge in [0.1, 0.15) is 10.7 Å². The summed E-state index contributed by atoms with van der Waals surface area (Å²) in [6.07, 6.45) is 3.74. The van der Waals surface area contributed by atoms with Crippen LogP contribution < -0.4 is 0 Å². The quantitative estimate of drug-likeness (QED) is 0.531. The molecule has 0 N–H and O–H groups in total. The first-order valence-corrected chi connectivity index (χ1v) is 6.32. The van der Waals surface area contributed by atoms with Crippen LogP contribution in [0, 0.1) is 17.0 Å². The molecule has 0 bridgehead atoms. The lowest BCUT2D eigenvalue weighted by atomic mass is 10.1. The van der Waals surface area contributed by atoms with Crippen molar-refractivity contribution < 1.29 is 4.92 Å². The Balaban J connectivity index is 2.15. The number of rotatable bonds is 2. The van der Waals surface area contributed by atoms with Crippen molar-refractivity contribution in [2.75, 3.05) is 0 Å². The number of halogens is 1. The van der Waals surface area contributed by atoms with Crippen molar-refractivity contribution >= 4 is 22.9 Å². The highest BCUT2D eigenvalue weighted by Crippen LogP contribution is 2.30. The average Bonchev–Trinajstić information content (AvgIpc) is 2.81. The molecule has 0 aliphatic rings. The topological polar surface area (TPSA) is 60.4 Å². The maximum Gasteiger partial charge on any atom is 0.288 e. The summed E-state index contributed by atoms with van der Waals surface area (Å²) in [5, 5.41) is 11.0. The van der Waals surface area contributed by atoms with Crippen molar-refractivity contribution in [2.45, 2.75) is 6.92 Å². The SMILES string of the molecule is Cc1ccn2cc(-c3ccc(Cl)c([N+](=O)[O-])c3)nc2c1. The molecule has 3 rings (SSSR count). The van der Waals surface area contributed by atoms with Gasteiger partial charge in [0.25, 0.3) is 5.69 Å². The van der Waals surface area contributed by atoms with Crippen molar-refractivity contribution in [1.82, 2.24) is 9.38 Å². The predicted octanol–water partition coefficient (Wildman–Crippen LogP) is 3.87. The van der Waals surface area contributed by atoms with Crippen molar-refractivity contribution in [1.29, 1.82) is 0 Å². The van der Waals surface area contributed by atoms with E-state index >= 15 is 0 Å². The Kier molecular flexibility index (Phi) is 2.91. The van der Waals surface area contributed by atoms with E-state index in [-0.39, 0.29) is 10.7 Å². The molecule has 0 unspecified atom stereocenters. The fourth-order valence-corrected chi connectivity index (χ4v) is 2.22. The number of nitro groups is 1. The van der Waals surface area contributed by atoms with Gasteiger partial charge in [-0.1, -0.05) is 17.7 Å². The third-order valence-corrected chi connectivity index (χ3v) is 3.37. The van der Waals surface area contributed by atoms with Crippen LogP contribution in [-0.4, -0.2) is 14.3 Å². The molecule has 2 heterocycles. The second kappa shape index (κ2) is 4.61. The summed E-state index contributed by atoms with van der Waals surface area (Å²) >= 11 is 5.81. The minimum absolute atomic E-state index is 0.114. The molecule has 100 valence electrons. The third kappa shape index (κ3) is 2.12. The van der Waals surface area contributed by atoms with Crippen molar-refractivity contribution in [3.63, 3.8) is 0 Å². The van der Waals surface area contributed by atoms with Crippen LogP contribution in [0.4, 0.5) is 5.69 Å². The Bertz CT molecular complexity index is 826. The standard InChI is InChI=1S/C14H10ClN3O2/c1-9-4-5-17-8-12(16-14(17)6-9)10-2-3-11(15)13(7-10)18(19)20/h2-8H,1H3. The summed E-state index contributed by atoms with van der Waals surface area (Å²) in [5.41, 5.74) is 3.14. The number of hydrogen-bond acceptors (Lipinski definition) is 3. The Hall–Kier alpha value is -2.40. The largest absolute Gasteiger partial charge is 0.306 e. The molecule has 1 aromatic carbocycles. The molecular weight excluding hydrogens is 278 g/mol. The minimum Gasteiger partial charge on any atom is -0.306 e. The van der Waals surface area contributed by atoms with Crippen LogP contribution in [0.1, 0.15) is 5.56 Å². The molecule has 6 heteroatoms. The number of hydrogen-bond donors (Lipinski definition) is 0.